The Morgan fingerprint density at radius 3 is 2.81 bits per heavy atom. The zero-order chi connectivity index (χ0) is 12.0. The van der Waals surface area contributed by atoms with Gasteiger partial charge in [0.25, 0.3) is 0 Å². The molecule has 16 heavy (non-hydrogen) atoms. The molecule has 1 amide bonds. The maximum Gasteiger partial charge on any atom is 0.214 e. The number of benzene rings is 1. The lowest BCUT2D eigenvalue weighted by Gasteiger charge is -2.20. The van der Waals surface area contributed by atoms with Gasteiger partial charge in [0.1, 0.15) is 0 Å². The van der Waals surface area contributed by atoms with Crippen molar-refractivity contribution in [2.75, 3.05) is 31.4 Å². The smallest absolute Gasteiger partial charge is 0.214 e. The monoisotopic (exact) mass is 239 g/mol. The molecule has 0 saturated heterocycles. The van der Waals surface area contributed by atoms with E-state index in [-0.39, 0.29) is 0 Å². The largest absolute Gasteiger partial charge is 0.383 e. The van der Waals surface area contributed by atoms with Crippen LogP contribution in [0.3, 0.4) is 0 Å². The Balaban J connectivity index is 2.97. The number of methoxy groups -OCH3 is 1. The minimum absolute atomic E-state index is 0.542. The van der Waals surface area contributed by atoms with Crippen LogP contribution in [0.4, 0.5) is 5.69 Å². The number of rotatable bonds is 6. The van der Waals surface area contributed by atoms with Crippen LogP contribution in [0.1, 0.15) is 5.56 Å². The van der Waals surface area contributed by atoms with E-state index in [1.54, 1.807) is 23.8 Å². The van der Waals surface area contributed by atoms with Crippen molar-refractivity contribution in [2.24, 2.45) is 0 Å². The first-order valence-corrected chi connectivity index (χ1v) is 6.31. The van der Waals surface area contributed by atoms with E-state index in [1.165, 1.54) is 0 Å². The number of hydrogen-bond donors (Lipinski definition) is 0. The van der Waals surface area contributed by atoms with Crippen LogP contribution in [0.2, 0.25) is 0 Å². The van der Waals surface area contributed by atoms with Gasteiger partial charge in [0.05, 0.1) is 12.3 Å². The Labute approximate surface area is 101 Å². The molecule has 0 aromatic heterocycles. The average Bonchev–Trinajstić information content (AvgIpc) is 2.30. The zero-order valence-electron chi connectivity index (χ0n) is 9.90. The van der Waals surface area contributed by atoms with Crippen LogP contribution in [0.25, 0.3) is 0 Å². The molecule has 88 valence electrons. The molecule has 0 fully saturated rings. The summed E-state index contributed by atoms with van der Waals surface area (Å²) in [5.41, 5.74) is 2.11. The van der Waals surface area contributed by atoms with Gasteiger partial charge in [0.15, 0.2) is 0 Å². The van der Waals surface area contributed by atoms with Crippen molar-refractivity contribution in [2.45, 2.75) is 11.8 Å². The Bertz CT molecular complexity index is 355. The molecular formula is C12H17NO2S. The van der Waals surface area contributed by atoms with Crippen molar-refractivity contribution in [3.63, 3.8) is 0 Å². The van der Waals surface area contributed by atoms with Crippen LogP contribution < -0.4 is 4.90 Å². The third kappa shape index (κ3) is 3.25. The van der Waals surface area contributed by atoms with Gasteiger partial charge < -0.3 is 9.64 Å². The van der Waals surface area contributed by atoms with E-state index in [1.807, 2.05) is 25.3 Å². The molecular weight excluding hydrogens is 222 g/mol. The van der Waals surface area contributed by atoms with E-state index in [4.69, 9.17) is 4.74 Å². The number of carbonyl (C=O) groups is 1. The highest BCUT2D eigenvalue weighted by Gasteiger charge is 2.09. The van der Waals surface area contributed by atoms with E-state index >= 15 is 0 Å². The maximum absolute atomic E-state index is 11.1. The molecule has 3 nitrogen and oxygen atoms in total. The first-order valence-electron chi connectivity index (χ1n) is 5.08. The van der Waals surface area contributed by atoms with Gasteiger partial charge in [0.2, 0.25) is 6.41 Å². The SMILES string of the molecule is COCCN(C=O)c1cc(C)ccc1SC. The highest BCUT2D eigenvalue weighted by molar-refractivity contribution is 7.98. The maximum atomic E-state index is 11.1. The normalized spacial score (nSPS) is 10.2. The molecule has 0 unspecified atom stereocenters. The summed E-state index contributed by atoms with van der Waals surface area (Å²) in [6.07, 6.45) is 2.86. The van der Waals surface area contributed by atoms with E-state index in [0.717, 1.165) is 22.6 Å². The van der Waals surface area contributed by atoms with Crippen LogP contribution in [-0.2, 0) is 9.53 Å². The summed E-state index contributed by atoms with van der Waals surface area (Å²) in [5.74, 6) is 0. The second-order valence-corrected chi connectivity index (χ2v) is 4.31. The number of anilines is 1. The molecule has 0 saturated carbocycles. The van der Waals surface area contributed by atoms with Crippen molar-refractivity contribution in [3.8, 4) is 0 Å². The second kappa shape index (κ2) is 6.55. The van der Waals surface area contributed by atoms with Gasteiger partial charge in [-0.05, 0) is 30.9 Å². The van der Waals surface area contributed by atoms with Gasteiger partial charge >= 0.3 is 0 Å². The molecule has 0 aliphatic heterocycles. The Morgan fingerprint density at radius 1 is 1.50 bits per heavy atom. The summed E-state index contributed by atoms with van der Waals surface area (Å²) in [6, 6.07) is 6.11. The highest BCUT2D eigenvalue weighted by Crippen LogP contribution is 2.28. The Hall–Kier alpha value is -1.00. The standard InChI is InChI=1S/C12H17NO2S/c1-10-4-5-12(16-3)11(8-10)13(9-14)6-7-15-2/h4-5,8-9H,6-7H2,1-3H3. The highest BCUT2D eigenvalue weighted by atomic mass is 32.2. The fourth-order valence-electron chi connectivity index (χ4n) is 1.44. The lowest BCUT2D eigenvalue weighted by atomic mass is 10.2. The molecule has 0 atom stereocenters. The van der Waals surface area contributed by atoms with Crippen LogP contribution >= 0.6 is 11.8 Å². The van der Waals surface area contributed by atoms with Crippen LogP contribution in [0.5, 0.6) is 0 Å². The number of nitrogens with zero attached hydrogens (tertiary/aromatic N) is 1. The van der Waals surface area contributed by atoms with Crippen molar-refractivity contribution in [1.82, 2.24) is 0 Å². The molecule has 1 rings (SSSR count). The Kier molecular flexibility index (Phi) is 5.35. The van der Waals surface area contributed by atoms with Gasteiger partial charge in [-0.25, -0.2) is 0 Å². The number of hydrogen-bond acceptors (Lipinski definition) is 3. The number of aryl methyl sites for hydroxylation is 1. The molecule has 0 spiro atoms. The number of carbonyl (C=O) groups excluding carboxylic acids is 1. The van der Waals surface area contributed by atoms with Crippen LogP contribution in [0.15, 0.2) is 23.1 Å². The predicted molar refractivity (Wildman–Crippen MR) is 68.2 cm³/mol. The minimum Gasteiger partial charge on any atom is -0.383 e. The molecule has 0 bridgehead atoms. The predicted octanol–water partition coefficient (Wildman–Crippen LogP) is 2.33. The summed E-state index contributed by atoms with van der Waals surface area (Å²) in [6.45, 7) is 3.14. The summed E-state index contributed by atoms with van der Waals surface area (Å²) in [7, 11) is 1.63. The van der Waals surface area contributed by atoms with Crippen LogP contribution in [-0.4, -0.2) is 32.9 Å². The van der Waals surface area contributed by atoms with E-state index < -0.39 is 0 Å². The summed E-state index contributed by atoms with van der Waals surface area (Å²) >= 11 is 1.64. The first-order chi connectivity index (χ1) is 7.72. The molecule has 0 aliphatic rings. The van der Waals surface area contributed by atoms with Gasteiger partial charge in [-0.15, -0.1) is 11.8 Å². The van der Waals surface area contributed by atoms with E-state index in [9.17, 15) is 4.79 Å². The fraction of sp³-hybridized carbons (Fsp3) is 0.417. The van der Waals surface area contributed by atoms with Gasteiger partial charge in [0, 0.05) is 18.6 Å². The summed E-state index contributed by atoms with van der Waals surface area (Å²) in [5, 5.41) is 0. The molecule has 1 aromatic carbocycles. The van der Waals surface area contributed by atoms with Gasteiger partial charge in [-0.3, -0.25) is 4.79 Å². The molecule has 0 radical (unpaired) electrons. The van der Waals surface area contributed by atoms with Crippen molar-refractivity contribution < 1.29 is 9.53 Å². The van der Waals surface area contributed by atoms with Gasteiger partial charge in [-0.2, -0.15) is 0 Å². The number of amides is 1. The minimum atomic E-state index is 0.542. The molecule has 0 heterocycles. The number of thioether (sulfide) groups is 1. The molecule has 0 N–H and O–H groups in total. The van der Waals surface area contributed by atoms with Crippen molar-refractivity contribution in [1.29, 1.82) is 0 Å². The average molecular weight is 239 g/mol. The lowest BCUT2D eigenvalue weighted by molar-refractivity contribution is -0.107. The Morgan fingerprint density at radius 2 is 2.25 bits per heavy atom. The van der Waals surface area contributed by atoms with E-state index in [0.29, 0.717) is 13.2 Å². The van der Waals surface area contributed by atoms with Crippen molar-refractivity contribution in [3.05, 3.63) is 23.8 Å². The summed E-state index contributed by atoms with van der Waals surface area (Å²) < 4.78 is 4.99. The molecule has 0 aliphatic carbocycles. The van der Waals surface area contributed by atoms with E-state index in [2.05, 4.69) is 6.07 Å². The summed E-state index contributed by atoms with van der Waals surface area (Å²) in [4.78, 5) is 13.8. The second-order valence-electron chi connectivity index (χ2n) is 3.47. The zero-order valence-corrected chi connectivity index (χ0v) is 10.7. The van der Waals surface area contributed by atoms with Crippen LogP contribution in [0, 0.1) is 6.92 Å². The topological polar surface area (TPSA) is 29.5 Å². The van der Waals surface area contributed by atoms with Gasteiger partial charge in [-0.1, -0.05) is 6.07 Å². The first kappa shape index (κ1) is 13.1. The van der Waals surface area contributed by atoms with Crippen molar-refractivity contribution >= 4 is 23.9 Å². The number of ether oxygens (including phenoxy) is 1. The lowest BCUT2D eigenvalue weighted by Crippen LogP contribution is -2.26. The third-order valence-corrected chi connectivity index (χ3v) is 3.09. The quantitative estimate of drug-likeness (QED) is 0.563. The fourth-order valence-corrected chi connectivity index (χ4v) is 2.03. The molecule has 4 heteroatoms. The molecule has 1 aromatic rings. The third-order valence-electron chi connectivity index (χ3n) is 2.31.